The van der Waals surface area contributed by atoms with E-state index in [-0.39, 0.29) is 5.82 Å². The van der Waals surface area contributed by atoms with Gasteiger partial charge < -0.3 is 10.5 Å². The zero-order valence-electron chi connectivity index (χ0n) is 11.7. The summed E-state index contributed by atoms with van der Waals surface area (Å²) in [7, 11) is 0. The van der Waals surface area contributed by atoms with Crippen molar-refractivity contribution in [3.63, 3.8) is 0 Å². The van der Waals surface area contributed by atoms with Gasteiger partial charge in [-0.1, -0.05) is 0 Å². The van der Waals surface area contributed by atoms with Gasteiger partial charge in [0.2, 0.25) is 0 Å². The maximum absolute atomic E-state index is 13.0. The number of hydrogen-bond donors (Lipinski definition) is 1. The fraction of sp³-hybridized carbons (Fsp3) is 0.133. The van der Waals surface area contributed by atoms with Crippen molar-refractivity contribution < 1.29 is 9.13 Å². The van der Waals surface area contributed by atoms with Crippen LogP contribution in [0.5, 0.6) is 5.75 Å². The monoisotopic (exact) mass is 299 g/mol. The van der Waals surface area contributed by atoms with E-state index in [0.29, 0.717) is 24.7 Å². The van der Waals surface area contributed by atoms with Crippen LogP contribution in [0.3, 0.4) is 0 Å². The summed E-state index contributed by atoms with van der Waals surface area (Å²) in [4.78, 5) is 0. The third-order valence-corrected chi connectivity index (χ3v) is 3.09. The van der Waals surface area contributed by atoms with E-state index in [1.54, 1.807) is 41.1 Å². The van der Waals surface area contributed by atoms with Gasteiger partial charge in [-0.05, 0) is 59.0 Å². The highest BCUT2D eigenvalue weighted by Gasteiger charge is 2.09. The van der Waals surface area contributed by atoms with Gasteiger partial charge in [-0.3, -0.25) is 0 Å². The lowest BCUT2D eigenvalue weighted by molar-refractivity contribution is 0.290. The first-order chi connectivity index (χ1) is 10.7. The highest BCUT2D eigenvalue weighted by molar-refractivity contribution is 5.54. The second-order valence-corrected chi connectivity index (χ2v) is 4.65. The third-order valence-electron chi connectivity index (χ3n) is 3.09. The van der Waals surface area contributed by atoms with Crippen molar-refractivity contribution in [3.05, 3.63) is 54.3 Å². The summed E-state index contributed by atoms with van der Waals surface area (Å²) >= 11 is 0. The van der Waals surface area contributed by atoms with Crippen LogP contribution in [0.25, 0.3) is 11.4 Å². The van der Waals surface area contributed by atoms with Crippen LogP contribution in [-0.2, 0) is 6.54 Å². The van der Waals surface area contributed by atoms with E-state index in [1.165, 1.54) is 12.1 Å². The minimum atomic E-state index is -0.297. The Hall–Kier alpha value is -2.96. The van der Waals surface area contributed by atoms with Crippen molar-refractivity contribution in [2.45, 2.75) is 6.54 Å². The van der Waals surface area contributed by atoms with Gasteiger partial charge in [0.15, 0.2) is 5.82 Å². The van der Waals surface area contributed by atoms with E-state index in [1.807, 2.05) is 0 Å². The summed E-state index contributed by atoms with van der Waals surface area (Å²) in [6.07, 6.45) is 0. The summed E-state index contributed by atoms with van der Waals surface area (Å²) < 4.78 is 20.2. The van der Waals surface area contributed by atoms with Crippen LogP contribution in [0, 0.1) is 5.82 Å². The number of nitrogens with two attached hydrogens (primary N) is 1. The smallest absolute Gasteiger partial charge is 0.182 e. The number of rotatable bonds is 5. The molecule has 6 nitrogen and oxygen atoms in total. The van der Waals surface area contributed by atoms with Gasteiger partial charge in [0.25, 0.3) is 0 Å². The fourth-order valence-electron chi connectivity index (χ4n) is 1.97. The molecule has 0 saturated carbocycles. The molecule has 0 atom stereocenters. The molecule has 0 fully saturated rings. The molecule has 0 unspecified atom stereocenters. The molecule has 0 saturated heterocycles. The summed E-state index contributed by atoms with van der Waals surface area (Å²) in [5, 5.41) is 11.5. The maximum atomic E-state index is 13.0. The van der Waals surface area contributed by atoms with Gasteiger partial charge in [-0.25, -0.2) is 9.07 Å². The third kappa shape index (κ3) is 3.20. The number of hydrogen-bond acceptors (Lipinski definition) is 5. The van der Waals surface area contributed by atoms with Crippen LogP contribution >= 0.6 is 0 Å². The minimum Gasteiger partial charge on any atom is -0.492 e. The highest BCUT2D eigenvalue weighted by Crippen LogP contribution is 2.16. The van der Waals surface area contributed by atoms with E-state index in [9.17, 15) is 4.39 Å². The van der Waals surface area contributed by atoms with Crippen LogP contribution < -0.4 is 10.5 Å². The Morgan fingerprint density at radius 1 is 1.05 bits per heavy atom. The highest BCUT2D eigenvalue weighted by atomic mass is 19.1. The largest absolute Gasteiger partial charge is 0.492 e. The number of halogens is 1. The SMILES string of the molecule is Nc1ccc(OCCn2nnnc2-c2ccc(F)cc2)cc1. The Bertz CT molecular complexity index is 739. The Morgan fingerprint density at radius 3 is 2.50 bits per heavy atom. The molecule has 22 heavy (non-hydrogen) atoms. The molecule has 0 radical (unpaired) electrons. The van der Waals surface area contributed by atoms with Crippen LogP contribution in [0.4, 0.5) is 10.1 Å². The first kappa shape index (κ1) is 14.0. The molecule has 0 aliphatic heterocycles. The first-order valence-corrected chi connectivity index (χ1v) is 6.73. The molecule has 1 heterocycles. The Kier molecular flexibility index (Phi) is 3.95. The van der Waals surface area contributed by atoms with E-state index in [2.05, 4.69) is 15.5 Å². The number of anilines is 1. The van der Waals surface area contributed by atoms with Gasteiger partial charge >= 0.3 is 0 Å². The normalized spacial score (nSPS) is 10.6. The molecule has 0 aliphatic carbocycles. The molecular formula is C15H14FN5O. The van der Waals surface area contributed by atoms with Crippen LogP contribution in [0.2, 0.25) is 0 Å². The van der Waals surface area contributed by atoms with Crippen LogP contribution in [0.1, 0.15) is 0 Å². The first-order valence-electron chi connectivity index (χ1n) is 6.73. The molecule has 2 N–H and O–H groups in total. The molecule has 3 rings (SSSR count). The predicted molar refractivity (Wildman–Crippen MR) is 79.6 cm³/mol. The molecule has 0 aliphatic rings. The van der Waals surface area contributed by atoms with Crippen molar-refractivity contribution in [1.82, 2.24) is 20.2 Å². The molecule has 0 bridgehead atoms. The van der Waals surface area contributed by atoms with Crippen molar-refractivity contribution in [2.24, 2.45) is 0 Å². The molecule has 0 amide bonds. The van der Waals surface area contributed by atoms with Crippen molar-refractivity contribution in [3.8, 4) is 17.1 Å². The molecular weight excluding hydrogens is 285 g/mol. The molecule has 112 valence electrons. The number of ether oxygens (including phenoxy) is 1. The number of benzene rings is 2. The van der Waals surface area contributed by atoms with Crippen molar-refractivity contribution in [1.29, 1.82) is 0 Å². The summed E-state index contributed by atoms with van der Waals surface area (Å²) in [5.41, 5.74) is 7.05. The Balaban J connectivity index is 1.65. The average molecular weight is 299 g/mol. The zero-order valence-corrected chi connectivity index (χ0v) is 11.7. The number of aromatic nitrogens is 4. The summed E-state index contributed by atoms with van der Waals surface area (Å²) in [6.45, 7) is 0.882. The second kappa shape index (κ2) is 6.21. The predicted octanol–water partition coefficient (Wildman–Crippen LogP) is 2.14. The quantitative estimate of drug-likeness (QED) is 0.730. The van der Waals surface area contributed by atoms with E-state index < -0.39 is 0 Å². The molecule has 7 heteroatoms. The molecule has 3 aromatic rings. The minimum absolute atomic E-state index is 0.297. The Labute approximate surface area is 126 Å². The van der Waals surface area contributed by atoms with E-state index in [4.69, 9.17) is 10.5 Å². The van der Waals surface area contributed by atoms with Crippen molar-refractivity contribution >= 4 is 5.69 Å². The molecule has 2 aromatic carbocycles. The van der Waals surface area contributed by atoms with Gasteiger partial charge in [-0.2, -0.15) is 0 Å². The zero-order chi connectivity index (χ0) is 15.4. The lowest BCUT2D eigenvalue weighted by atomic mass is 10.2. The summed E-state index contributed by atoms with van der Waals surface area (Å²) in [6, 6.07) is 13.2. The lowest BCUT2D eigenvalue weighted by Crippen LogP contribution is -2.11. The number of nitrogen functional groups attached to an aromatic ring is 1. The van der Waals surface area contributed by atoms with Crippen LogP contribution in [0.15, 0.2) is 48.5 Å². The van der Waals surface area contributed by atoms with Gasteiger partial charge in [0.05, 0.1) is 6.54 Å². The Morgan fingerprint density at radius 2 is 1.77 bits per heavy atom. The maximum Gasteiger partial charge on any atom is 0.182 e. The van der Waals surface area contributed by atoms with E-state index >= 15 is 0 Å². The van der Waals surface area contributed by atoms with Crippen LogP contribution in [-0.4, -0.2) is 26.8 Å². The topological polar surface area (TPSA) is 78.9 Å². The van der Waals surface area contributed by atoms with E-state index in [0.717, 1.165) is 11.3 Å². The van der Waals surface area contributed by atoms with Gasteiger partial charge in [0.1, 0.15) is 18.2 Å². The molecule has 0 spiro atoms. The van der Waals surface area contributed by atoms with Gasteiger partial charge in [0, 0.05) is 11.3 Å². The standard InChI is InChI=1S/C15H14FN5O/c16-12-3-1-11(2-4-12)15-18-19-20-21(15)9-10-22-14-7-5-13(17)6-8-14/h1-8H,9-10,17H2. The number of tetrazole rings is 1. The second-order valence-electron chi connectivity index (χ2n) is 4.65. The summed E-state index contributed by atoms with van der Waals surface area (Å²) in [5.74, 6) is 1.00. The lowest BCUT2D eigenvalue weighted by Gasteiger charge is -2.07. The molecule has 1 aromatic heterocycles. The number of nitrogens with zero attached hydrogens (tertiary/aromatic N) is 4. The fourth-order valence-corrected chi connectivity index (χ4v) is 1.97. The average Bonchev–Trinajstić information content (AvgIpc) is 2.98. The van der Waals surface area contributed by atoms with Crippen molar-refractivity contribution in [2.75, 3.05) is 12.3 Å². The van der Waals surface area contributed by atoms with Gasteiger partial charge in [-0.15, -0.1) is 5.10 Å².